The number of thiazole rings is 1. The molecule has 0 radical (unpaired) electrons. The number of aromatic nitrogens is 3. The summed E-state index contributed by atoms with van der Waals surface area (Å²) in [6.07, 6.45) is -4.40. The monoisotopic (exact) mass is 562 g/mol. The van der Waals surface area contributed by atoms with Crippen LogP contribution >= 0.6 is 34.8 Å². The van der Waals surface area contributed by atoms with Crippen molar-refractivity contribution in [3.63, 3.8) is 0 Å². The number of hydrogen-bond acceptors (Lipinski definition) is 11. The fourth-order valence-corrected chi connectivity index (χ4v) is 4.85. The quantitative estimate of drug-likeness (QED) is 0.136. The molecule has 0 saturated carbocycles. The van der Waals surface area contributed by atoms with E-state index in [1.165, 1.54) is 11.3 Å². The maximum Gasteiger partial charge on any atom is 0.408 e. The summed E-state index contributed by atoms with van der Waals surface area (Å²) < 4.78 is 55.8. The fraction of sp³-hybridized carbons (Fsp3) is 0.400. The molecule has 0 aliphatic heterocycles. The molecule has 0 bridgehead atoms. The zero-order valence-electron chi connectivity index (χ0n) is 19.4. The fourth-order valence-electron chi connectivity index (χ4n) is 2.77. The van der Waals surface area contributed by atoms with E-state index >= 15 is 0 Å². The van der Waals surface area contributed by atoms with Crippen LogP contribution in [0.5, 0.6) is 11.5 Å². The van der Waals surface area contributed by atoms with Gasteiger partial charge in [0.2, 0.25) is 0 Å². The van der Waals surface area contributed by atoms with Crippen molar-refractivity contribution in [3.8, 4) is 11.5 Å². The lowest BCUT2D eigenvalue weighted by atomic mass is 10.2. The number of alkyl halides is 3. The highest BCUT2D eigenvalue weighted by molar-refractivity contribution is 7.98. The molecular formula is C20H25F3N8O2S3. The van der Waals surface area contributed by atoms with Gasteiger partial charge in [-0.2, -0.15) is 33.7 Å². The molecule has 0 unspecified atom stereocenters. The Morgan fingerprint density at radius 2 is 1.89 bits per heavy atom. The van der Waals surface area contributed by atoms with Crippen molar-refractivity contribution in [3.05, 3.63) is 34.8 Å². The van der Waals surface area contributed by atoms with Crippen LogP contribution in [0.4, 0.5) is 29.9 Å². The number of nitrogens with zero attached hydrogens (tertiary/aromatic N) is 4. The van der Waals surface area contributed by atoms with Gasteiger partial charge in [-0.1, -0.05) is 6.07 Å². The molecule has 2 aromatic heterocycles. The molecule has 10 nitrogen and oxygen atoms in total. The molecule has 1 aromatic carbocycles. The normalized spacial score (nSPS) is 11.9. The summed E-state index contributed by atoms with van der Waals surface area (Å²) in [5, 5.41) is 11.3. The molecule has 5 N–H and O–H groups in total. The highest BCUT2D eigenvalue weighted by Gasteiger charge is 2.26. The van der Waals surface area contributed by atoms with E-state index < -0.39 is 12.7 Å². The topological polar surface area (TPSA) is 132 Å². The van der Waals surface area contributed by atoms with Gasteiger partial charge in [-0.25, -0.2) is 9.98 Å². The number of halogens is 3. The standard InChI is InChI=1S/C20H25F3N8O2S3/c1-32-14-4-3-12(7-15(14)33-2)8-26-17-16(30-36-31-17)25-5-6-34-9-13-10-35-19(28-13)29-18(24)27-11-20(21,22)23/h3-4,7,10H,5-6,8-9,11H2,1-2H3,(H,25,30)(H,26,31)(H3,24,27,28,29). The Morgan fingerprint density at radius 1 is 1.14 bits per heavy atom. The molecule has 2 heterocycles. The van der Waals surface area contributed by atoms with Gasteiger partial charge in [0.15, 0.2) is 34.2 Å². The highest BCUT2D eigenvalue weighted by atomic mass is 32.2. The van der Waals surface area contributed by atoms with Crippen LogP contribution in [0.3, 0.4) is 0 Å². The van der Waals surface area contributed by atoms with E-state index in [4.69, 9.17) is 15.2 Å². The van der Waals surface area contributed by atoms with Crippen molar-refractivity contribution in [2.75, 3.05) is 49.0 Å². The number of nitrogens with two attached hydrogens (primary N) is 1. The van der Waals surface area contributed by atoms with Crippen LogP contribution < -0.4 is 31.2 Å². The van der Waals surface area contributed by atoms with Crippen molar-refractivity contribution in [1.82, 2.24) is 13.7 Å². The Labute approximate surface area is 218 Å². The van der Waals surface area contributed by atoms with Crippen LogP contribution in [0.25, 0.3) is 0 Å². The molecular weight excluding hydrogens is 537 g/mol. The molecule has 0 saturated heterocycles. The SMILES string of the molecule is COc1ccc(CNc2nsnc2NCCSCc2csc(N/C(N)=N\CC(F)(F)F)n2)cc1OC. The maximum absolute atomic E-state index is 12.2. The maximum atomic E-state index is 12.2. The lowest BCUT2D eigenvalue weighted by Gasteiger charge is -2.11. The lowest BCUT2D eigenvalue weighted by Crippen LogP contribution is -2.25. The van der Waals surface area contributed by atoms with E-state index in [2.05, 4.69) is 34.7 Å². The molecule has 196 valence electrons. The Bertz CT molecular complexity index is 1140. The number of ether oxygens (including phenoxy) is 2. The predicted molar refractivity (Wildman–Crippen MR) is 140 cm³/mol. The third-order valence-corrected chi connectivity index (χ3v) is 6.73. The number of methoxy groups -OCH3 is 2. The summed E-state index contributed by atoms with van der Waals surface area (Å²) in [6.45, 7) is -0.136. The van der Waals surface area contributed by atoms with Gasteiger partial charge in [0.1, 0.15) is 6.54 Å². The van der Waals surface area contributed by atoms with Gasteiger partial charge in [0.25, 0.3) is 0 Å². The number of rotatable bonds is 13. The summed E-state index contributed by atoms with van der Waals surface area (Å²) in [6, 6.07) is 5.70. The Morgan fingerprint density at radius 3 is 2.61 bits per heavy atom. The minimum Gasteiger partial charge on any atom is -0.493 e. The average molecular weight is 563 g/mol. The largest absolute Gasteiger partial charge is 0.493 e. The molecule has 0 fully saturated rings. The number of hydrogen-bond donors (Lipinski definition) is 4. The van der Waals surface area contributed by atoms with Crippen molar-refractivity contribution in [2.24, 2.45) is 10.7 Å². The smallest absolute Gasteiger partial charge is 0.408 e. The zero-order chi connectivity index (χ0) is 26.0. The zero-order valence-corrected chi connectivity index (χ0v) is 21.8. The lowest BCUT2D eigenvalue weighted by molar-refractivity contribution is -0.118. The second-order valence-electron chi connectivity index (χ2n) is 7.07. The van der Waals surface area contributed by atoms with Gasteiger partial charge in [-0.3, -0.25) is 0 Å². The van der Waals surface area contributed by atoms with Crippen LogP contribution in [0.15, 0.2) is 28.6 Å². The van der Waals surface area contributed by atoms with Crippen LogP contribution in [-0.4, -0.2) is 58.9 Å². The van der Waals surface area contributed by atoms with Crippen LogP contribution in [0, 0.1) is 0 Å². The third kappa shape index (κ3) is 8.91. The summed E-state index contributed by atoms with van der Waals surface area (Å²) in [5.74, 6) is 3.76. The molecule has 0 amide bonds. The summed E-state index contributed by atoms with van der Waals surface area (Å²) in [7, 11) is 3.19. The highest BCUT2D eigenvalue weighted by Crippen LogP contribution is 2.28. The molecule has 0 spiro atoms. The molecule has 36 heavy (non-hydrogen) atoms. The van der Waals surface area contributed by atoms with Gasteiger partial charge in [-0.05, 0) is 17.7 Å². The Kier molecular flexibility index (Phi) is 10.2. The van der Waals surface area contributed by atoms with Crippen LogP contribution in [0.2, 0.25) is 0 Å². The minimum atomic E-state index is -4.40. The molecule has 0 atom stereocenters. The van der Waals surface area contributed by atoms with E-state index in [1.54, 1.807) is 26.0 Å². The first-order chi connectivity index (χ1) is 17.3. The molecule has 3 rings (SSSR count). The first-order valence-electron chi connectivity index (χ1n) is 10.4. The van der Waals surface area contributed by atoms with Gasteiger partial charge in [0.05, 0.1) is 31.6 Å². The number of thioether (sulfide) groups is 1. The number of anilines is 3. The van der Waals surface area contributed by atoms with Crippen molar-refractivity contribution >= 4 is 57.6 Å². The number of guanidine groups is 1. The second kappa shape index (κ2) is 13.4. The van der Waals surface area contributed by atoms with Gasteiger partial charge < -0.3 is 31.2 Å². The average Bonchev–Trinajstić information content (AvgIpc) is 3.49. The van der Waals surface area contributed by atoms with E-state index in [0.29, 0.717) is 47.1 Å². The van der Waals surface area contributed by atoms with E-state index in [9.17, 15) is 13.2 Å². The number of nitrogens with one attached hydrogen (secondary N) is 3. The van der Waals surface area contributed by atoms with E-state index in [0.717, 1.165) is 28.7 Å². The molecule has 0 aliphatic carbocycles. The molecule has 3 aromatic rings. The summed E-state index contributed by atoms with van der Waals surface area (Å²) in [5.41, 5.74) is 7.27. The van der Waals surface area contributed by atoms with Gasteiger partial charge in [-0.15, -0.1) is 11.3 Å². The van der Waals surface area contributed by atoms with Gasteiger partial charge in [0, 0.05) is 30.0 Å². The first kappa shape index (κ1) is 27.6. The Hall–Kier alpha value is -2.98. The number of aliphatic imine (C=N–C) groups is 1. The summed E-state index contributed by atoms with van der Waals surface area (Å²) >= 11 is 4.01. The first-order valence-corrected chi connectivity index (χ1v) is 13.2. The number of benzene rings is 1. The van der Waals surface area contributed by atoms with E-state index in [-0.39, 0.29) is 5.96 Å². The van der Waals surface area contributed by atoms with Crippen LogP contribution in [0.1, 0.15) is 11.3 Å². The van der Waals surface area contributed by atoms with E-state index in [1.807, 2.05) is 23.6 Å². The Balaban J connectivity index is 1.38. The molecule has 16 heteroatoms. The van der Waals surface area contributed by atoms with Crippen molar-refractivity contribution in [1.29, 1.82) is 0 Å². The van der Waals surface area contributed by atoms with Gasteiger partial charge >= 0.3 is 6.18 Å². The molecule has 0 aliphatic rings. The summed E-state index contributed by atoms with van der Waals surface area (Å²) in [4.78, 5) is 7.56. The van der Waals surface area contributed by atoms with Crippen molar-refractivity contribution in [2.45, 2.75) is 18.5 Å². The second-order valence-corrected chi connectivity index (χ2v) is 9.56. The predicted octanol–water partition coefficient (Wildman–Crippen LogP) is 4.26. The third-order valence-electron chi connectivity index (χ3n) is 4.40. The minimum absolute atomic E-state index is 0.322. The van der Waals surface area contributed by atoms with Crippen molar-refractivity contribution < 1.29 is 22.6 Å². The van der Waals surface area contributed by atoms with Crippen LogP contribution in [-0.2, 0) is 12.3 Å².